The fraction of sp³-hybridized carbons (Fsp3) is 0.100. The molecule has 0 saturated carbocycles. The van der Waals surface area contributed by atoms with Crippen LogP contribution < -0.4 is 5.56 Å². The molecular weight excluding hydrogens is 432 g/mol. The fourth-order valence-electron chi connectivity index (χ4n) is 3.01. The first-order valence-electron chi connectivity index (χ1n) is 8.04. The molecule has 0 radical (unpaired) electrons. The molecule has 0 fully saturated rings. The van der Waals surface area contributed by atoms with Crippen molar-refractivity contribution < 1.29 is 0 Å². The molecule has 0 atom stereocenters. The van der Waals surface area contributed by atoms with E-state index in [2.05, 4.69) is 20.9 Å². The number of aryl methyl sites for hydroxylation is 1. The van der Waals surface area contributed by atoms with E-state index in [-0.39, 0.29) is 5.56 Å². The monoisotopic (exact) mass is 444 g/mol. The minimum Gasteiger partial charge on any atom is -0.310 e. The molecule has 4 rings (SSSR count). The van der Waals surface area contributed by atoms with Crippen molar-refractivity contribution in [2.75, 3.05) is 0 Å². The Bertz CT molecular complexity index is 1150. The van der Waals surface area contributed by atoms with E-state index in [1.807, 2.05) is 55.5 Å². The van der Waals surface area contributed by atoms with Gasteiger partial charge in [-0.1, -0.05) is 51.8 Å². The topological polar surface area (TPSA) is 45.8 Å². The second-order valence-corrected chi connectivity index (χ2v) is 8.59. The average molecular weight is 446 g/mol. The molecule has 0 aliphatic rings. The molecule has 130 valence electrons. The number of nitrogens with zero attached hydrogens (tertiary/aromatic N) is 1. The quantitative estimate of drug-likeness (QED) is 0.422. The predicted molar refractivity (Wildman–Crippen MR) is 112 cm³/mol. The average Bonchev–Trinajstić information content (AvgIpc) is 2.94. The van der Waals surface area contributed by atoms with Crippen LogP contribution in [-0.4, -0.2) is 9.97 Å². The van der Waals surface area contributed by atoms with E-state index >= 15 is 0 Å². The Hall–Kier alpha value is -1.95. The summed E-state index contributed by atoms with van der Waals surface area (Å²) in [4.78, 5) is 22.3. The third-order valence-electron chi connectivity index (χ3n) is 4.20. The minimum atomic E-state index is -0.0961. The molecule has 1 N–H and O–H groups in total. The fourth-order valence-corrected chi connectivity index (χ4v) is 4.46. The van der Waals surface area contributed by atoms with Crippen molar-refractivity contribution in [1.29, 1.82) is 0 Å². The molecule has 26 heavy (non-hydrogen) atoms. The first-order chi connectivity index (χ1) is 12.5. The molecule has 6 heteroatoms. The molecule has 2 heterocycles. The van der Waals surface area contributed by atoms with Crippen molar-refractivity contribution in [3.8, 4) is 11.1 Å². The van der Waals surface area contributed by atoms with Gasteiger partial charge in [-0.05, 0) is 42.3 Å². The summed E-state index contributed by atoms with van der Waals surface area (Å²) in [6, 6.07) is 15.6. The van der Waals surface area contributed by atoms with E-state index in [1.54, 1.807) is 11.3 Å². The lowest BCUT2D eigenvalue weighted by atomic mass is 10.0. The van der Waals surface area contributed by atoms with Crippen LogP contribution in [0.3, 0.4) is 0 Å². The molecule has 0 amide bonds. The molecule has 0 bridgehead atoms. The van der Waals surface area contributed by atoms with Crippen molar-refractivity contribution in [2.45, 2.75) is 13.3 Å². The standard InChI is InChI=1S/C20H14BrClN2OS/c1-11-17(13-4-6-14(21)7-5-13)18-19(25)23-16(24-20(18)26-11)10-12-2-8-15(22)9-3-12/h2-9H,10H2,1H3,(H,23,24,25). The third-order valence-corrected chi connectivity index (χ3v) is 5.98. The molecule has 0 unspecified atom stereocenters. The van der Waals surface area contributed by atoms with Crippen LogP contribution in [0, 0.1) is 6.92 Å². The highest BCUT2D eigenvalue weighted by Gasteiger charge is 2.16. The van der Waals surface area contributed by atoms with E-state index in [0.717, 1.165) is 30.9 Å². The van der Waals surface area contributed by atoms with E-state index < -0.39 is 0 Å². The van der Waals surface area contributed by atoms with Crippen LogP contribution in [0.15, 0.2) is 57.8 Å². The number of H-pyrrole nitrogens is 1. The molecular formula is C20H14BrClN2OS. The van der Waals surface area contributed by atoms with E-state index in [1.165, 1.54) is 0 Å². The highest BCUT2D eigenvalue weighted by molar-refractivity contribution is 9.10. The Balaban J connectivity index is 1.80. The summed E-state index contributed by atoms with van der Waals surface area (Å²) in [7, 11) is 0. The van der Waals surface area contributed by atoms with Gasteiger partial charge in [-0.3, -0.25) is 4.79 Å². The summed E-state index contributed by atoms with van der Waals surface area (Å²) >= 11 is 10.9. The number of aromatic nitrogens is 2. The van der Waals surface area contributed by atoms with Gasteiger partial charge >= 0.3 is 0 Å². The van der Waals surface area contributed by atoms with Gasteiger partial charge in [-0.2, -0.15) is 0 Å². The van der Waals surface area contributed by atoms with Crippen LogP contribution in [-0.2, 0) is 6.42 Å². The van der Waals surface area contributed by atoms with Gasteiger partial charge in [-0.25, -0.2) is 4.98 Å². The minimum absolute atomic E-state index is 0.0961. The van der Waals surface area contributed by atoms with Crippen molar-refractivity contribution in [3.05, 3.63) is 84.6 Å². The maximum atomic E-state index is 12.8. The molecule has 3 nitrogen and oxygen atoms in total. The number of aromatic amines is 1. The molecule has 0 aliphatic heterocycles. The SMILES string of the molecule is Cc1sc2nc(Cc3ccc(Cl)cc3)[nH]c(=O)c2c1-c1ccc(Br)cc1. The number of hydrogen-bond donors (Lipinski definition) is 1. The molecule has 0 spiro atoms. The molecule has 2 aromatic carbocycles. The Morgan fingerprint density at radius 1 is 1.12 bits per heavy atom. The van der Waals surface area contributed by atoms with E-state index in [4.69, 9.17) is 16.6 Å². The lowest BCUT2D eigenvalue weighted by molar-refractivity contribution is 0.977. The number of hydrogen-bond acceptors (Lipinski definition) is 3. The smallest absolute Gasteiger partial charge is 0.260 e. The zero-order valence-corrected chi connectivity index (χ0v) is 17.0. The van der Waals surface area contributed by atoms with Gasteiger partial charge in [0.2, 0.25) is 0 Å². The van der Waals surface area contributed by atoms with Crippen LogP contribution in [0.2, 0.25) is 5.02 Å². The summed E-state index contributed by atoms with van der Waals surface area (Å²) in [5.74, 6) is 0.661. The Morgan fingerprint density at radius 3 is 2.50 bits per heavy atom. The van der Waals surface area contributed by atoms with Crippen LogP contribution in [0.1, 0.15) is 16.3 Å². The molecule has 4 aromatic rings. The molecule has 0 aliphatic carbocycles. The zero-order valence-electron chi connectivity index (χ0n) is 13.8. The van der Waals surface area contributed by atoms with Crippen LogP contribution in [0.5, 0.6) is 0 Å². The van der Waals surface area contributed by atoms with Gasteiger partial charge in [0, 0.05) is 26.4 Å². The predicted octanol–water partition coefficient (Wildman–Crippen LogP) is 5.97. The van der Waals surface area contributed by atoms with Crippen molar-refractivity contribution in [3.63, 3.8) is 0 Å². The maximum absolute atomic E-state index is 12.8. The van der Waals surface area contributed by atoms with E-state index in [0.29, 0.717) is 22.7 Å². The van der Waals surface area contributed by atoms with E-state index in [9.17, 15) is 4.79 Å². The highest BCUT2D eigenvalue weighted by atomic mass is 79.9. The van der Waals surface area contributed by atoms with Crippen molar-refractivity contribution in [2.24, 2.45) is 0 Å². The first-order valence-corrected chi connectivity index (χ1v) is 10.0. The molecule has 2 aromatic heterocycles. The van der Waals surface area contributed by atoms with Gasteiger partial charge in [0.15, 0.2) is 0 Å². The summed E-state index contributed by atoms with van der Waals surface area (Å²) in [6.07, 6.45) is 0.562. The molecule has 0 saturated heterocycles. The number of benzene rings is 2. The van der Waals surface area contributed by atoms with Gasteiger partial charge < -0.3 is 4.98 Å². The zero-order chi connectivity index (χ0) is 18.3. The highest BCUT2D eigenvalue weighted by Crippen LogP contribution is 2.36. The summed E-state index contributed by atoms with van der Waals surface area (Å²) in [5, 5.41) is 1.35. The number of nitrogens with one attached hydrogen (secondary N) is 1. The van der Waals surface area contributed by atoms with Crippen LogP contribution >= 0.6 is 38.9 Å². The van der Waals surface area contributed by atoms with Crippen LogP contribution in [0.4, 0.5) is 0 Å². The van der Waals surface area contributed by atoms with Gasteiger partial charge in [0.25, 0.3) is 5.56 Å². The number of fused-ring (bicyclic) bond motifs is 1. The second-order valence-electron chi connectivity index (χ2n) is 6.04. The number of halogens is 2. The van der Waals surface area contributed by atoms with Crippen molar-refractivity contribution in [1.82, 2.24) is 9.97 Å². The normalized spacial score (nSPS) is 11.2. The maximum Gasteiger partial charge on any atom is 0.260 e. The van der Waals surface area contributed by atoms with Crippen molar-refractivity contribution >= 4 is 49.1 Å². The largest absolute Gasteiger partial charge is 0.310 e. The Labute approximate surface area is 167 Å². The lowest BCUT2D eigenvalue weighted by Gasteiger charge is -2.04. The third kappa shape index (κ3) is 3.34. The van der Waals surface area contributed by atoms with Gasteiger partial charge in [0.05, 0.1) is 5.39 Å². The second kappa shape index (κ2) is 6.99. The summed E-state index contributed by atoms with van der Waals surface area (Å²) in [6.45, 7) is 2.03. The Kier molecular flexibility index (Phi) is 4.69. The van der Waals surface area contributed by atoms with Gasteiger partial charge in [0.1, 0.15) is 10.7 Å². The van der Waals surface area contributed by atoms with Crippen LogP contribution in [0.25, 0.3) is 21.3 Å². The summed E-state index contributed by atoms with van der Waals surface area (Å²) in [5.41, 5.74) is 2.94. The summed E-state index contributed by atoms with van der Waals surface area (Å²) < 4.78 is 1.01. The number of rotatable bonds is 3. The Morgan fingerprint density at radius 2 is 1.81 bits per heavy atom. The number of thiophene rings is 1. The lowest BCUT2D eigenvalue weighted by Crippen LogP contribution is -2.11. The first kappa shape index (κ1) is 17.5. The van der Waals surface area contributed by atoms with Gasteiger partial charge in [-0.15, -0.1) is 11.3 Å².